The molecule has 1 N–H and O–H groups in total. The van der Waals surface area contributed by atoms with Gasteiger partial charge in [-0.2, -0.15) is 0 Å². The second-order valence-electron chi connectivity index (χ2n) is 8.20. The van der Waals surface area contributed by atoms with Crippen LogP contribution in [0.5, 0.6) is 0 Å². The lowest BCUT2D eigenvalue weighted by Gasteiger charge is -2.38. The minimum Gasteiger partial charge on any atom is -0.468 e. The number of amides is 1. The number of methoxy groups -OCH3 is 1. The Labute approximate surface area is 198 Å². The molecule has 1 atom stereocenters. The van der Waals surface area contributed by atoms with Crippen LogP contribution in [0.2, 0.25) is 5.02 Å². The average molecular weight is 492 g/mol. The van der Waals surface area contributed by atoms with Crippen molar-refractivity contribution in [1.82, 2.24) is 14.5 Å². The van der Waals surface area contributed by atoms with Crippen LogP contribution in [-0.2, 0) is 19.6 Å². The van der Waals surface area contributed by atoms with Crippen molar-refractivity contribution in [2.24, 2.45) is 0 Å². The first kappa shape index (κ1) is 23.7. The highest BCUT2D eigenvalue weighted by molar-refractivity contribution is 7.89. The Bertz CT molecular complexity index is 1140. The molecule has 1 heterocycles. The van der Waals surface area contributed by atoms with Crippen LogP contribution in [0, 0.1) is 0 Å². The number of carbonyl (C=O) groups is 2. The van der Waals surface area contributed by atoms with Gasteiger partial charge in [0, 0.05) is 42.8 Å². The van der Waals surface area contributed by atoms with Crippen molar-refractivity contribution in [1.29, 1.82) is 0 Å². The van der Waals surface area contributed by atoms with Crippen molar-refractivity contribution in [3.05, 3.63) is 64.7 Å². The Morgan fingerprint density at radius 2 is 1.76 bits per heavy atom. The van der Waals surface area contributed by atoms with E-state index < -0.39 is 22.0 Å². The molecule has 1 unspecified atom stereocenters. The number of piperazine rings is 1. The lowest BCUT2D eigenvalue weighted by molar-refractivity contribution is -0.148. The van der Waals surface area contributed by atoms with Crippen LogP contribution in [-0.4, -0.2) is 69.4 Å². The number of nitrogens with one attached hydrogen (secondary N) is 1. The lowest BCUT2D eigenvalue weighted by atomic mass is 10.0. The zero-order valence-corrected chi connectivity index (χ0v) is 19.8. The Kier molecular flexibility index (Phi) is 7.04. The zero-order valence-electron chi connectivity index (χ0n) is 18.2. The van der Waals surface area contributed by atoms with Crippen LogP contribution < -0.4 is 4.72 Å². The van der Waals surface area contributed by atoms with Crippen molar-refractivity contribution in [3.8, 4) is 0 Å². The summed E-state index contributed by atoms with van der Waals surface area (Å²) >= 11 is 6.33. The summed E-state index contributed by atoms with van der Waals surface area (Å²) in [5.41, 5.74) is 0.976. The molecule has 2 fully saturated rings. The fraction of sp³-hybridized carbons (Fsp3) is 0.391. The topological polar surface area (TPSA) is 96.0 Å². The fourth-order valence-corrected chi connectivity index (χ4v) is 5.52. The number of ether oxygens (including phenoxy) is 1. The van der Waals surface area contributed by atoms with E-state index in [0.29, 0.717) is 42.3 Å². The predicted octanol–water partition coefficient (Wildman–Crippen LogP) is 2.45. The molecule has 1 aliphatic heterocycles. The fourth-order valence-electron chi connectivity index (χ4n) is 3.93. The quantitative estimate of drug-likeness (QED) is 0.598. The molecule has 1 saturated heterocycles. The van der Waals surface area contributed by atoms with E-state index >= 15 is 0 Å². The van der Waals surface area contributed by atoms with Crippen LogP contribution >= 0.6 is 11.6 Å². The van der Waals surface area contributed by atoms with Crippen LogP contribution in [0.15, 0.2) is 53.4 Å². The molecule has 33 heavy (non-hydrogen) atoms. The summed E-state index contributed by atoms with van der Waals surface area (Å²) in [5.74, 6) is -0.658. The summed E-state index contributed by atoms with van der Waals surface area (Å²) in [7, 11) is -2.31. The van der Waals surface area contributed by atoms with E-state index in [4.69, 9.17) is 16.3 Å². The van der Waals surface area contributed by atoms with Gasteiger partial charge in [0.25, 0.3) is 5.91 Å². The SMILES string of the molecule is COC(=O)C(c1ccccc1Cl)N1CCN(C(=O)c2cccc(S(=O)(=O)NC3CC3)c2)CC1. The van der Waals surface area contributed by atoms with Gasteiger partial charge in [-0.15, -0.1) is 0 Å². The maximum Gasteiger partial charge on any atom is 0.327 e. The van der Waals surface area contributed by atoms with E-state index in [-0.39, 0.29) is 16.8 Å². The lowest BCUT2D eigenvalue weighted by Crippen LogP contribution is -2.51. The Hall–Kier alpha value is -2.46. The van der Waals surface area contributed by atoms with E-state index in [2.05, 4.69) is 4.72 Å². The molecule has 0 radical (unpaired) electrons. The van der Waals surface area contributed by atoms with E-state index in [9.17, 15) is 18.0 Å². The molecule has 1 aliphatic carbocycles. The van der Waals surface area contributed by atoms with E-state index in [1.165, 1.54) is 19.2 Å². The number of nitrogens with zero attached hydrogens (tertiary/aromatic N) is 2. The van der Waals surface area contributed by atoms with Gasteiger partial charge in [0.15, 0.2) is 0 Å². The first-order chi connectivity index (χ1) is 15.8. The first-order valence-electron chi connectivity index (χ1n) is 10.8. The van der Waals surface area contributed by atoms with E-state index in [0.717, 1.165) is 12.8 Å². The smallest absolute Gasteiger partial charge is 0.327 e. The van der Waals surface area contributed by atoms with Gasteiger partial charge in [0.1, 0.15) is 6.04 Å². The molecule has 4 rings (SSSR count). The monoisotopic (exact) mass is 491 g/mol. The summed E-state index contributed by atoms with van der Waals surface area (Å²) in [5, 5.41) is 0.476. The minimum atomic E-state index is -3.64. The molecule has 1 amide bonds. The molecule has 0 bridgehead atoms. The third kappa shape index (κ3) is 5.38. The molecule has 2 aliphatic rings. The van der Waals surface area contributed by atoms with Crippen molar-refractivity contribution in [2.45, 2.75) is 29.8 Å². The number of carbonyl (C=O) groups excluding carboxylic acids is 2. The van der Waals surface area contributed by atoms with Crippen LogP contribution in [0.1, 0.15) is 34.8 Å². The number of esters is 1. The number of sulfonamides is 1. The first-order valence-corrected chi connectivity index (χ1v) is 12.6. The number of hydrogen-bond acceptors (Lipinski definition) is 6. The Balaban J connectivity index is 1.46. The summed E-state index contributed by atoms with van der Waals surface area (Å²) in [4.78, 5) is 29.3. The number of halogens is 1. The maximum atomic E-state index is 13.1. The van der Waals surface area contributed by atoms with Crippen molar-refractivity contribution < 1.29 is 22.7 Å². The molecule has 8 nitrogen and oxygen atoms in total. The van der Waals surface area contributed by atoms with E-state index in [1.54, 1.807) is 35.2 Å². The van der Waals surface area contributed by atoms with Gasteiger partial charge >= 0.3 is 5.97 Å². The highest BCUT2D eigenvalue weighted by atomic mass is 35.5. The van der Waals surface area contributed by atoms with Gasteiger partial charge in [0.05, 0.1) is 12.0 Å². The highest BCUT2D eigenvalue weighted by Gasteiger charge is 2.34. The van der Waals surface area contributed by atoms with Crippen LogP contribution in [0.25, 0.3) is 0 Å². The average Bonchev–Trinajstić information content (AvgIpc) is 3.63. The molecule has 176 valence electrons. The molecule has 10 heteroatoms. The summed E-state index contributed by atoms with van der Waals surface area (Å²) in [6.07, 6.45) is 1.67. The van der Waals surface area contributed by atoms with Crippen LogP contribution in [0.3, 0.4) is 0 Å². The van der Waals surface area contributed by atoms with Gasteiger partial charge < -0.3 is 9.64 Å². The summed E-state index contributed by atoms with van der Waals surface area (Å²) < 4.78 is 32.7. The third-order valence-electron chi connectivity index (χ3n) is 5.88. The molecule has 0 spiro atoms. The van der Waals surface area contributed by atoms with Crippen molar-refractivity contribution >= 4 is 33.5 Å². The molecular weight excluding hydrogens is 466 g/mol. The van der Waals surface area contributed by atoms with Crippen LogP contribution in [0.4, 0.5) is 0 Å². The number of benzene rings is 2. The molecule has 0 aromatic heterocycles. The van der Waals surface area contributed by atoms with Crippen molar-refractivity contribution in [3.63, 3.8) is 0 Å². The van der Waals surface area contributed by atoms with Crippen molar-refractivity contribution in [2.75, 3.05) is 33.3 Å². The summed E-state index contributed by atoms with van der Waals surface area (Å²) in [6.45, 7) is 1.65. The summed E-state index contributed by atoms with van der Waals surface area (Å²) in [6, 6.07) is 12.6. The Morgan fingerprint density at radius 3 is 2.39 bits per heavy atom. The van der Waals surface area contributed by atoms with Gasteiger partial charge in [-0.3, -0.25) is 9.69 Å². The van der Waals surface area contributed by atoms with E-state index in [1.807, 2.05) is 11.0 Å². The molecular formula is C23H26ClN3O5S. The standard InChI is InChI=1S/C23H26ClN3O5S/c1-32-23(29)21(19-7-2-3-8-20(19)24)26-11-13-27(14-12-26)22(28)16-5-4-6-18(15-16)33(30,31)25-17-9-10-17/h2-8,15,17,21,25H,9-14H2,1H3. The number of rotatable bonds is 7. The van der Waals surface area contributed by atoms with Gasteiger partial charge in [0.2, 0.25) is 10.0 Å². The molecule has 2 aromatic rings. The second-order valence-corrected chi connectivity index (χ2v) is 10.3. The second kappa shape index (κ2) is 9.80. The Morgan fingerprint density at radius 1 is 1.06 bits per heavy atom. The predicted molar refractivity (Wildman–Crippen MR) is 123 cm³/mol. The molecule has 1 saturated carbocycles. The van der Waals surface area contributed by atoms with Gasteiger partial charge in [-0.25, -0.2) is 17.9 Å². The third-order valence-corrected chi connectivity index (χ3v) is 7.74. The molecule has 2 aromatic carbocycles. The highest BCUT2D eigenvalue weighted by Crippen LogP contribution is 2.30. The minimum absolute atomic E-state index is 0.0108. The maximum absolute atomic E-state index is 13.1. The normalized spacial score (nSPS) is 18.1. The largest absolute Gasteiger partial charge is 0.468 e. The van der Waals surface area contributed by atoms with Gasteiger partial charge in [-0.1, -0.05) is 35.9 Å². The number of hydrogen-bond donors (Lipinski definition) is 1. The zero-order chi connectivity index (χ0) is 23.6. The van der Waals surface area contributed by atoms with Gasteiger partial charge in [-0.05, 0) is 42.7 Å².